The molecule has 0 aromatic heterocycles. The topological polar surface area (TPSA) is 115 Å². The molecule has 27 heavy (non-hydrogen) atoms. The van der Waals surface area contributed by atoms with Gasteiger partial charge in [-0.05, 0) is 34.7 Å². The lowest BCUT2D eigenvalue weighted by Gasteiger charge is -2.29. The van der Waals surface area contributed by atoms with Crippen LogP contribution in [-0.4, -0.2) is 28.7 Å². The van der Waals surface area contributed by atoms with Crippen LogP contribution in [0.25, 0.3) is 21.6 Å². The number of amides is 3. The maximum absolute atomic E-state index is 12.9. The van der Waals surface area contributed by atoms with E-state index in [1.165, 1.54) is 4.90 Å². The maximum Gasteiger partial charge on any atom is 0.255 e. The molecule has 8 heteroatoms. The van der Waals surface area contributed by atoms with Crippen LogP contribution in [0.15, 0.2) is 47.6 Å². The minimum Gasteiger partial charge on any atom is -0.322 e. The van der Waals surface area contributed by atoms with Gasteiger partial charge >= 0.3 is 0 Å². The van der Waals surface area contributed by atoms with Crippen molar-refractivity contribution in [3.05, 3.63) is 64.0 Å². The molecule has 1 unspecified atom stereocenters. The molecule has 0 aliphatic carbocycles. The van der Waals surface area contributed by atoms with Gasteiger partial charge in [0.25, 0.3) is 5.91 Å². The fourth-order valence-electron chi connectivity index (χ4n) is 3.51. The summed E-state index contributed by atoms with van der Waals surface area (Å²) in [7, 11) is 0. The zero-order chi connectivity index (χ0) is 19.0. The van der Waals surface area contributed by atoms with E-state index in [0.29, 0.717) is 24.2 Å². The smallest absolute Gasteiger partial charge is 0.255 e. The summed E-state index contributed by atoms with van der Waals surface area (Å²) in [5, 5.41) is 5.84. The normalized spacial score (nSPS) is 18.7. The van der Waals surface area contributed by atoms with Crippen LogP contribution in [0, 0.1) is 0 Å². The highest BCUT2D eigenvalue weighted by Crippen LogP contribution is 2.31. The predicted molar refractivity (Wildman–Crippen MR) is 96.7 cm³/mol. The second-order valence-electron chi connectivity index (χ2n) is 6.51. The molecule has 0 spiro atoms. The number of rotatable bonds is 3. The summed E-state index contributed by atoms with van der Waals surface area (Å²) in [6.45, 7) is 0.358. The first-order valence-electron chi connectivity index (χ1n) is 8.50. The third-order valence-electron chi connectivity index (χ3n) is 4.89. The highest BCUT2D eigenvalue weighted by atomic mass is 16.2. The summed E-state index contributed by atoms with van der Waals surface area (Å²) < 4.78 is 0. The standard InChI is InChI=1S/C19H15N5O3/c20-23-22-14-5-3-11(4-6-14)12-1-2-13-10-24(19(27)15(13)9-12)16-7-8-17(25)21-18(16)26/h1-6,9,16H,7-8,10H2,(H,21,25,26). The van der Waals surface area contributed by atoms with Crippen molar-refractivity contribution >= 4 is 23.4 Å². The van der Waals surface area contributed by atoms with Gasteiger partial charge < -0.3 is 4.90 Å². The van der Waals surface area contributed by atoms with Crippen LogP contribution in [0.2, 0.25) is 0 Å². The molecule has 2 aromatic rings. The van der Waals surface area contributed by atoms with E-state index in [4.69, 9.17) is 5.53 Å². The van der Waals surface area contributed by atoms with E-state index < -0.39 is 11.9 Å². The zero-order valence-electron chi connectivity index (χ0n) is 14.3. The highest BCUT2D eigenvalue weighted by Gasteiger charge is 2.39. The Bertz CT molecular complexity index is 1010. The Hall–Kier alpha value is -3.64. The van der Waals surface area contributed by atoms with Crippen molar-refractivity contribution in [1.29, 1.82) is 0 Å². The van der Waals surface area contributed by atoms with Gasteiger partial charge in [-0.25, -0.2) is 0 Å². The third-order valence-corrected chi connectivity index (χ3v) is 4.89. The van der Waals surface area contributed by atoms with Crippen LogP contribution in [0.4, 0.5) is 5.69 Å². The largest absolute Gasteiger partial charge is 0.322 e. The Labute approximate surface area is 154 Å². The molecule has 0 bridgehead atoms. The second kappa shape index (κ2) is 6.59. The number of benzene rings is 2. The third kappa shape index (κ3) is 3.02. The van der Waals surface area contributed by atoms with Crippen molar-refractivity contribution in [2.75, 3.05) is 0 Å². The fraction of sp³-hybridized carbons (Fsp3) is 0.211. The lowest BCUT2D eigenvalue weighted by atomic mass is 10.0. The number of hydrogen-bond donors (Lipinski definition) is 1. The molecule has 1 fully saturated rings. The minimum atomic E-state index is -0.617. The van der Waals surface area contributed by atoms with Gasteiger partial charge in [-0.3, -0.25) is 19.7 Å². The first kappa shape index (κ1) is 16.8. The molecule has 2 aliphatic heterocycles. The molecule has 1 atom stereocenters. The molecule has 1 N–H and O–H groups in total. The first-order chi connectivity index (χ1) is 13.1. The summed E-state index contributed by atoms with van der Waals surface area (Å²) in [6.07, 6.45) is 0.581. The van der Waals surface area contributed by atoms with Crippen molar-refractivity contribution in [3.8, 4) is 11.1 Å². The molecule has 2 aromatic carbocycles. The van der Waals surface area contributed by atoms with E-state index in [0.717, 1.165) is 16.7 Å². The van der Waals surface area contributed by atoms with Crippen molar-refractivity contribution < 1.29 is 14.4 Å². The van der Waals surface area contributed by atoms with Crippen LogP contribution >= 0.6 is 0 Å². The van der Waals surface area contributed by atoms with Crippen LogP contribution in [-0.2, 0) is 16.1 Å². The van der Waals surface area contributed by atoms with Gasteiger partial charge in [-0.15, -0.1) is 0 Å². The lowest BCUT2D eigenvalue weighted by Crippen LogP contribution is -2.52. The van der Waals surface area contributed by atoms with Crippen molar-refractivity contribution in [2.24, 2.45) is 5.11 Å². The van der Waals surface area contributed by atoms with Crippen LogP contribution in [0.3, 0.4) is 0 Å². The lowest BCUT2D eigenvalue weighted by molar-refractivity contribution is -0.136. The average Bonchev–Trinajstić information content (AvgIpc) is 2.99. The quantitative estimate of drug-likeness (QED) is 0.392. The summed E-state index contributed by atoms with van der Waals surface area (Å²) >= 11 is 0. The van der Waals surface area contributed by atoms with E-state index in [1.807, 2.05) is 30.3 Å². The molecule has 3 amide bonds. The highest BCUT2D eigenvalue weighted by molar-refractivity contribution is 6.05. The molecule has 0 radical (unpaired) electrons. The number of nitrogens with zero attached hydrogens (tertiary/aromatic N) is 4. The zero-order valence-corrected chi connectivity index (χ0v) is 14.3. The average molecular weight is 361 g/mol. The van der Waals surface area contributed by atoms with Crippen LogP contribution < -0.4 is 5.32 Å². The van der Waals surface area contributed by atoms with Gasteiger partial charge in [0.15, 0.2) is 0 Å². The van der Waals surface area contributed by atoms with Crippen molar-refractivity contribution in [3.63, 3.8) is 0 Å². The summed E-state index contributed by atoms with van der Waals surface area (Å²) in [5.41, 5.74) is 12.2. The van der Waals surface area contributed by atoms with E-state index in [1.54, 1.807) is 12.1 Å². The maximum atomic E-state index is 12.9. The number of carbonyl (C=O) groups is 3. The van der Waals surface area contributed by atoms with E-state index in [-0.39, 0.29) is 18.2 Å². The fourth-order valence-corrected chi connectivity index (χ4v) is 3.51. The molecule has 1 saturated heterocycles. The van der Waals surface area contributed by atoms with Gasteiger partial charge in [0.2, 0.25) is 11.8 Å². The molecule has 8 nitrogen and oxygen atoms in total. The van der Waals surface area contributed by atoms with Crippen LogP contribution in [0.5, 0.6) is 0 Å². The molecule has 2 aliphatic rings. The molecule has 0 saturated carbocycles. The Kier molecular flexibility index (Phi) is 4.10. The predicted octanol–water partition coefficient (Wildman–Crippen LogP) is 3.06. The minimum absolute atomic E-state index is 0.202. The SMILES string of the molecule is [N-]=[N+]=Nc1ccc(-c2ccc3c(c2)C(=O)N(C2CCC(=O)NC2=O)C3)cc1. The number of imide groups is 1. The number of fused-ring (bicyclic) bond motifs is 1. The number of piperidine rings is 1. The van der Waals surface area contributed by atoms with Gasteiger partial charge in [0.1, 0.15) is 6.04 Å². The summed E-state index contributed by atoms with van der Waals surface area (Å²) in [5.74, 6) is -0.916. The van der Waals surface area contributed by atoms with Crippen molar-refractivity contribution in [2.45, 2.75) is 25.4 Å². The molecule has 134 valence electrons. The Balaban J connectivity index is 1.60. The number of azide groups is 1. The number of carbonyl (C=O) groups excluding carboxylic acids is 3. The van der Waals surface area contributed by atoms with Gasteiger partial charge in [0.05, 0.1) is 0 Å². The van der Waals surface area contributed by atoms with Gasteiger partial charge in [-0.2, -0.15) is 0 Å². The summed E-state index contributed by atoms with van der Waals surface area (Å²) in [6, 6.07) is 12.1. The number of nitrogens with one attached hydrogen (secondary N) is 1. The van der Waals surface area contributed by atoms with Crippen molar-refractivity contribution in [1.82, 2.24) is 10.2 Å². The molecular weight excluding hydrogens is 346 g/mol. The molecule has 2 heterocycles. The molecule has 4 rings (SSSR count). The Morgan fingerprint density at radius 2 is 1.81 bits per heavy atom. The van der Waals surface area contributed by atoms with E-state index in [2.05, 4.69) is 15.3 Å². The van der Waals surface area contributed by atoms with Gasteiger partial charge in [0, 0.05) is 29.1 Å². The molecular formula is C19H15N5O3. The first-order valence-corrected chi connectivity index (χ1v) is 8.50. The van der Waals surface area contributed by atoms with E-state index >= 15 is 0 Å². The van der Waals surface area contributed by atoms with E-state index in [9.17, 15) is 14.4 Å². The Morgan fingerprint density at radius 3 is 2.52 bits per heavy atom. The monoisotopic (exact) mass is 361 g/mol. The Morgan fingerprint density at radius 1 is 1.07 bits per heavy atom. The summed E-state index contributed by atoms with van der Waals surface area (Å²) in [4.78, 5) is 40.6. The van der Waals surface area contributed by atoms with Gasteiger partial charge in [-0.1, -0.05) is 41.5 Å². The number of hydrogen-bond acceptors (Lipinski definition) is 4. The second-order valence-corrected chi connectivity index (χ2v) is 6.51. The van der Waals surface area contributed by atoms with Crippen LogP contribution in [0.1, 0.15) is 28.8 Å².